The number of amides is 1. The van der Waals surface area contributed by atoms with Crippen LogP contribution in [0.4, 0.5) is 4.79 Å². The largest absolute Gasteiger partial charge is 0.479 e. The second kappa shape index (κ2) is 5.15. The van der Waals surface area contributed by atoms with Gasteiger partial charge < -0.3 is 9.84 Å². The first-order valence-corrected chi connectivity index (χ1v) is 6.65. The third-order valence-electron chi connectivity index (χ3n) is 3.90. The summed E-state index contributed by atoms with van der Waals surface area (Å²) in [6.07, 6.45) is -0.284. The van der Waals surface area contributed by atoms with E-state index in [-0.39, 0.29) is 13.2 Å². The van der Waals surface area contributed by atoms with Gasteiger partial charge in [0.05, 0.1) is 13.2 Å². The number of aryl methyl sites for hydroxylation is 1. The molecule has 1 aliphatic rings. The van der Waals surface area contributed by atoms with Gasteiger partial charge in [-0.3, -0.25) is 4.90 Å². The van der Waals surface area contributed by atoms with Gasteiger partial charge in [0, 0.05) is 6.42 Å². The number of hydrogen-bond donors (Lipinski definition) is 1. The Morgan fingerprint density at radius 1 is 1.45 bits per heavy atom. The summed E-state index contributed by atoms with van der Waals surface area (Å²) in [4.78, 5) is 25.0. The Morgan fingerprint density at radius 2 is 2.15 bits per heavy atom. The first-order chi connectivity index (χ1) is 9.40. The predicted molar refractivity (Wildman–Crippen MR) is 73.5 cm³/mol. The van der Waals surface area contributed by atoms with Crippen LogP contribution < -0.4 is 0 Å². The van der Waals surface area contributed by atoms with Gasteiger partial charge in [-0.15, -0.1) is 0 Å². The van der Waals surface area contributed by atoms with E-state index in [1.54, 1.807) is 13.8 Å². The lowest BCUT2D eigenvalue weighted by Crippen LogP contribution is -2.58. The van der Waals surface area contributed by atoms with Crippen LogP contribution in [-0.4, -0.2) is 34.2 Å². The van der Waals surface area contributed by atoms with Crippen molar-refractivity contribution in [2.45, 2.75) is 39.3 Å². The van der Waals surface area contributed by atoms with E-state index in [2.05, 4.69) is 0 Å². The minimum absolute atomic E-state index is 0.228. The number of ether oxygens (including phenoxy) is 1. The van der Waals surface area contributed by atoms with Crippen LogP contribution in [-0.2, 0) is 22.5 Å². The average Bonchev–Trinajstić information content (AvgIpc) is 2.39. The van der Waals surface area contributed by atoms with Gasteiger partial charge in [-0.1, -0.05) is 18.2 Å². The monoisotopic (exact) mass is 277 g/mol. The van der Waals surface area contributed by atoms with E-state index in [4.69, 9.17) is 4.74 Å². The van der Waals surface area contributed by atoms with Crippen molar-refractivity contribution in [2.75, 3.05) is 6.61 Å². The summed E-state index contributed by atoms with van der Waals surface area (Å²) in [7, 11) is 0. The number of benzene rings is 1. The third kappa shape index (κ3) is 2.24. The van der Waals surface area contributed by atoms with Gasteiger partial charge in [0.25, 0.3) is 0 Å². The van der Waals surface area contributed by atoms with Crippen LogP contribution in [0.5, 0.6) is 0 Å². The number of fused-ring (bicyclic) bond motifs is 1. The first kappa shape index (κ1) is 14.4. The minimum Gasteiger partial charge on any atom is -0.479 e. The smallest absolute Gasteiger partial charge is 0.411 e. The lowest BCUT2D eigenvalue weighted by molar-refractivity contribution is -0.150. The van der Waals surface area contributed by atoms with E-state index >= 15 is 0 Å². The third-order valence-corrected chi connectivity index (χ3v) is 3.90. The molecule has 5 heteroatoms. The highest BCUT2D eigenvalue weighted by atomic mass is 16.6. The van der Waals surface area contributed by atoms with Crippen LogP contribution in [0.25, 0.3) is 0 Å². The molecule has 1 aromatic rings. The maximum absolute atomic E-state index is 12.1. The summed E-state index contributed by atoms with van der Waals surface area (Å²) in [5.41, 5.74) is 1.78. The topological polar surface area (TPSA) is 66.8 Å². The molecule has 0 aliphatic carbocycles. The van der Waals surface area contributed by atoms with Crippen LogP contribution in [0, 0.1) is 6.92 Å². The predicted octanol–water partition coefficient (Wildman–Crippen LogP) is 2.35. The highest BCUT2D eigenvalue weighted by molar-refractivity contribution is 5.85. The standard InChI is InChI=1S/C15H19NO4/c1-4-20-14(19)16-9-11-7-5-6-10(2)12(11)8-15(16,3)13(17)18/h5-7H,4,8-9H2,1-3H3,(H,17,18). The molecular weight excluding hydrogens is 258 g/mol. The van der Waals surface area contributed by atoms with Crippen molar-refractivity contribution in [1.82, 2.24) is 4.90 Å². The summed E-state index contributed by atoms with van der Waals surface area (Å²) >= 11 is 0. The van der Waals surface area contributed by atoms with Crippen LogP contribution in [0.1, 0.15) is 30.5 Å². The van der Waals surface area contributed by atoms with Gasteiger partial charge in [-0.05, 0) is 37.5 Å². The van der Waals surface area contributed by atoms with Crippen LogP contribution >= 0.6 is 0 Å². The van der Waals surface area contributed by atoms with Crippen LogP contribution in [0.2, 0.25) is 0 Å². The molecule has 0 bridgehead atoms. The fourth-order valence-electron chi connectivity index (χ4n) is 2.61. The number of carboxylic acids is 1. The molecule has 0 fully saturated rings. The molecule has 0 spiro atoms. The van der Waals surface area contributed by atoms with Crippen molar-refractivity contribution >= 4 is 12.1 Å². The molecular formula is C15H19NO4. The number of rotatable bonds is 2. The molecule has 1 atom stereocenters. The van der Waals surface area contributed by atoms with E-state index in [9.17, 15) is 14.7 Å². The Hall–Kier alpha value is -2.04. The molecule has 5 nitrogen and oxygen atoms in total. The number of carbonyl (C=O) groups is 2. The second-order valence-corrected chi connectivity index (χ2v) is 5.25. The fourth-order valence-corrected chi connectivity index (χ4v) is 2.61. The van der Waals surface area contributed by atoms with Crippen molar-refractivity contribution < 1.29 is 19.4 Å². The van der Waals surface area contributed by atoms with Crippen molar-refractivity contribution in [3.63, 3.8) is 0 Å². The number of carboxylic acid groups (broad SMARTS) is 1. The molecule has 0 saturated carbocycles. The van der Waals surface area contributed by atoms with E-state index in [1.165, 1.54) is 4.90 Å². The fraction of sp³-hybridized carbons (Fsp3) is 0.467. The number of nitrogens with zero attached hydrogens (tertiary/aromatic N) is 1. The van der Waals surface area contributed by atoms with E-state index in [1.807, 2.05) is 25.1 Å². The average molecular weight is 277 g/mol. The molecule has 1 aliphatic heterocycles. The van der Waals surface area contributed by atoms with E-state index in [0.29, 0.717) is 6.42 Å². The SMILES string of the molecule is CCOC(=O)N1Cc2cccc(C)c2CC1(C)C(=O)O. The zero-order chi connectivity index (χ0) is 14.9. The summed E-state index contributed by atoms with van der Waals surface area (Å²) in [5, 5.41) is 9.55. The van der Waals surface area contributed by atoms with Crippen molar-refractivity contribution in [2.24, 2.45) is 0 Å². The number of aliphatic carboxylic acids is 1. The summed E-state index contributed by atoms with van der Waals surface area (Å²) < 4.78 is 5.00. The molecule has 2 rings (SSSR count). The summed E-state index contributed by atoms with van der Waals surface area (Å²) in [6.45, 7) is 5.73. The molecule has 0 aromatic heterocycles. The molecule has 0 saturated heterocycles. The van der Waals surface area contributed by atoms with E-state index < -0.39 is 17.6 Å². The molecule has 1 aromatic carbocycles. The second-order valence-electron chi connectivity index (χ2n) is 5.25. The Labute approximate surface area is 118 Å². The highest BCUT2D eigenvalue weighted by Crippen LogP contribution is 2.33. The Balaban J connectivity index is 2.46. The zero-order valence-corrected chi connectivity index (χ0v) is 12.0. The van der Waals surface area contributed by atoms with Gasteiger partial charge in [0.2, 0.25) is 0 Å². The maximum atomic E-state index is 12.1. The molecule has 108 valence electrons. The van der Waals surface area contributed by atoms with Gasteiger partial charge in [-0.25, -0.2) is 9.59 Å². The quantitative estimate of drug-likeness (QED) is 0.901. The van der Waals surface area contributed by atoms with Gasteiger partial charge in [0.1, 0.15) is 5.54 Å². The van der Waals surface area contributed by atoms with Gasteiger partial charge >= 0.3 is 12.1 Å². The van der Waals surface area contributed by atoms with Crippen molar-refractivity contribution in [3.05, 3.63) is 34.9 Å². The van der Waals surface area contributed by atoms with Crippen molar-refractivity contribution in [3.8, 4) is 0 Å². The summed E-state index contributed by atoms with van der Waals surface area (Å²) in [6, 6.07) is 5.80. The molecule has 1 N–H and O–H groups in total. The Morgan fingerprint density at radius 3 is 2.75 bits per heavy atom. The van der Waals surface area contributed by atoms with Crippen LogP contribution in [0.3, 0.4) is 0 Å². The first-order valence-electron chi connectivity index (χ1n) is 6.65. The molecule has 20 heavy (non-hydrogen) atoms. The van der Waals surface area contributed by atoms with Gasteiger partial charge in [0.15, 0.2) is 0 Å². The molecule has 1 heterocycles. The Bertz CT molecular complexity index is 555. The Kier molecular flexibility index (Phi) is 3.70. The normalized spacial score (nSPS) is 21.2. The van der Waals surface area contributed by atoms with E-state index in [0.717, 1.165) is 16.7 Å². The minimum atomic E-state index is -1.27. The number of hydrogen-bond acceptors (Lipinski definition) is 3. The highest BCUT2D eigenvalue weighted by Gasteiger charge is 2.46. The molecule has 0 radical (unpaired) electrons. The van der Waals surface area contributed by atoms with Crippen molar-refractivity contribution in [1.29, 1.82) is 0 Å². The lowest BCUT2D eigenvalue weighted by atomic mass is 9.82. The van der Waals surface area contributed by atoms with Crippen LogP contribution in [0.15, 0.2) is 18.2 Å². The molecule has 1 amide bonds. The number of carbonyl (C=O) groups excluding carboxylic acids is 1. The molecule has 1 unspecified atom stereocenters. The lowest BCUT2D eigenvalue weighted by Gasteiger charge is -2.42. The zero-order valence-electron chi connectivity index (χ0n) is 12.0. The summed E-state index contributed by atoms with van der Waals surface area (Å²) in [5.74, 6) is -1.01. The maximum Gasteiger partial charge on any atom is 0.411 e. The van der Waals surface area contributed by atoms with Gasteiger partial charge in [-0.2, -0.15) is 0 Å².